The van der Waals surface area contributed by atoms with Gasteiger partial charge in [-0.25, -0.2) is 4.98 Å². The Kier molecular flexibility index (Phi) is 4.99. The van der Waals surface area contributed by atoms with Gasteiger partial charge in [0.05, 0.1) is 6.54 Å². The summed E-state index contributed by atoms with van der Waals surface area (Å²) in [5.74, 6) is 1.27. The molecule has 1 atom stereocenters. The average molecular weight is 356 g/mol. The van der Waals surface area contributed by atoms with Crippen LogP contribution in [0, 0.1) is 0 Å². The van der Waals surface area contributed by atoms with Gasteiger partial charge in [0.1, 0.15) is 5.82 Å². The van der Waals surface area contributed by atoms with Crippen LogP contribution in [0.15, 0.2) is 41.9 Å². The van der Waals surface area contributed by atoms with Gasteiger partial charge in [-0.2, -0.15) is 0 Å². The first-order valence-corrected chi connectivity index (χ1v) is 9.90. The van der Waals surface area contributed by atoms with Gasteiger partial charge in [-0.1, -0.05) is 12.1 Å². The number of amides is 1. The number of aromatic nitrogens is 1. The number of thiophene rings is 1. The number of carbonyl (C=O) groups is 1. The van der Waals surface area contributed by atoms with Crippen molar-refractivity contribution in [3.8, 4) is 0 Å². The maximum Gasteiger partial charge on any atom is 0.236 e. The molecule has 2 saturated heterocycles. The molecule has 0 saturated carbocycles. The molecule has 2 aromatic rings. The fourth-order valence-electron chi connectivity index (χ4n) is 3.82. The molecule has 6 heteroatoms. The van der Waals surface area contributed by atoms with Crippen LogP contribution in [0.3, 0.4) is 0 Å². The first kappa shape index (κ1) is 16.5. The molecule has 0 radical (unpaired) electrons. The molecule has 1 unspecified atom stereocenters. The molecule has 4 rings (SSSR count). The van der Waals surface area contributed by atoms with E-state index in [2.05, 4.69) is 32.3 Å². The van der Waals surface area contributed by atoms with Crippen LogP contribution in [0.2, 0.25) is 0 Å². The fourth-order valence-corrected chi connectivity index (χ4v) is 4.71. The number of likely N-dealkylation sites (tertiary alicyclic amines) is 1. The van der Waals surface area contributed by atoms with Crippen molar-refractivity contribution < 1.29 is 4.79 Å². The molecule has 2 fully saturated rings. The summed E-state index contributed by atoms with van der Waals surface area (Å²) in [6.45, 7) is 4.86. The van der Waals surface area contributed by atoms with Crippen molar-refractivity contribution in [3.05, 3.63) is 46.8 Å². The number of rotatable bonds is 4. The van der Waals surface area contributed by atoms with Gasteiger partial charge in [0, 0.05) is 43.3 Å². The van der Waals surface area contributed by atoms with Gasteiger partial charge >= 0.3 is 0 Å². The van der Waals surface area contributed by atoms with E-state index >= 15 is 0 Å². The number of piperazine rings is 1. The zero-order valence-corrected chi connectivity index (χ0v) is 15.2. The van der Waals surface area contributed by atoms with Crippen molar-refractivity contribution in [2.24, 2.45) is 0 Å². The summed E-state index contributed by atoms with van der Waals surface area (Å²) in [7, 11) is 0. The van der Waals surface area contributed by atoms with Gasteiger partial charge in [0.2, 0.25) is 5.91 Å². The topological polar surface area (TPSA) is 39.7 Å². The maximum atomic E-state index is 12.8. The molecule has 0 aromatic carbocycles. The molecule has 2 aromatic heterocycles. The lowest BCUT2D eigenvalue weighted by Gasteiger charge is -2.36. The Labute approximate surface area is 152 Å². The third kappa shape index (κ3) is 3.70. The molecule has 2 aliphatic rings. The fraction of sp³-hybridized carbons (Fsp3) is 0.474. The normalized spacial score (nSPS) is 21.7. The van der Waals surface area contributed by atoms with Crippen LogP contribution in [0.25, 0.3) is 0 Å². The van der Waals surface area contributed by atoms with Gasteiger partial charge in [-0.15, -0.1) is 11.3 Å². The van der Waals surface area contributed by atoms with E-state index in [1.165, 1.54) is 17.7 Å². The van der Waals surface area contributed by atoms with E-state index in [9.17, 15) is 4.79 Å². The summed E-state index contributed by atoms with van der Waals surface area (Å²) >= 11 is 1.80. The largest absolute Gasteiger partial charge is 0.353 e. The molecular weight excluding hydrogens is 332 g/mol. The predicted molar refractivity (Wildman–Crippen MR) is 101 cm³/mol. The zero-order chi connectivity index (χ0) is 17.1. The number of anilines is 1. The van der Waals surface area contributed by atoms with Gasteiger partial charge < -0.3 is 9.80 Å². The number of hydrogen-bond acceptors (Lipinski definition) is 5. The second-order valence-electron chi connectivity index (χ2n) is 6.70. The van der Waals surface area contributed by atoms with Gasteiger partial charge in [-0.05, 0) is 43.0 Å². The van der Waals surface area contributed by atoms with Crippen molar-refractivity contribution in [1.29, 1.82) is 0 Å². The third-order valence-corrected chi connectivity index (χ3v) is 6.15. The van der Waals surface area contributed by atoms with Crippen LogP contribution in [-0.2, 0) is 4.79 Å². The van der Waals surface area contributed by atoms with Crippen LogP contribution in [0.4, 0.5) is 5.82 Å². The molecule has 25 heavy (non-hydrogen) atoms. The highest BCUT2D eigenvalue weighted by molar-refractivity contribution is 7.10. The first-order valence-electron chi connectivity index (χ1n) is 9.02. The van der Waals surface area contributed by atoms with Crippen molar-refractivity contribution in [3.63, 3.8) is 0 Å². The molecule has 0 bridgehead atoms. The lowest BCUT2D eigenvalue weighted by Crippen LogP contribution is -2.51. The van der Waals surface area contributed by atoms with E-state index in [1.807, 2.05) is 29.3 Å². The van der Waals surface area contributed by atoms with Crippen LogP contribution >= 0.6 is 11.3 Å². The van der Waals surface area contributed by atoms with Crippen LogP contribution < -0.4 is 4.90 Å². The van der Waals surface area contributed by atoms with E-state index in [0.29, 0.717) is 12.6 Å². The predicted octanol–water partition coefficient (Wildman–Crippen LogP) is 2.63. The smallest absolute Gasteiger partial charge is 0.236 e. The molecule has 0 aliphatic carbocycles. The summed E-state index contributed by atoms with van der Waals surface area (Å²) in [6, 6.07) is 10.7. The summed E-state index contributed by atoms with van der Waals surface area (Å²) in [5, 5.41) is 2.13. The molecule has 1 amide bonds. The number of hydrogen-bond donors (Lipinski definition) is 0. The molecule has 4 heterocycles. The van der Waals surface area contributed by atoms with E-state index in [0.717, 1.165) is 38.5 Å². The quantitative estimate of drug-likeness (QED) is 0.844. The Hall–Kier alpha value is -1.92. The Morgan fingerprint density at radius 1 is 1.12 bits per heavy atom. The average Bonchev–Trinajstić information content (AvgIpc) is 3.34. The van der Waals surface area contributed by atoms with Gasteiger partial charge in [0.15, 0.2) is 0 Å². The zero-order valence-electron chi connectivity index (χ0n) is 14.4. The van der Waals surface area contributed by atoms with E-state index in [4.69, 9.17) is 0 Å². The Bertz CT molecular complexity index is 683. The molecule has 132 valence electrons. The monoisotopic (exact) mass is 356 g/mol. The van der Waals surface area contributed by atoms with Crippen molar-refractivity contribution in [2.75, 3.05) is 44.2 Å². The lowest BCUT2D eigenvalue weighted by molar-refractivity contribution is -0.133. The highest BCUT2D eigenvalue weighted by atomic mass is 32.1. The minimum Gasteiger partial charge on any atom is -0.353 e. The summed E-state index contributed by atoms with van der Waals surface area (Å²) in [5.41, 5.74) is 0. The SMILES string of the molecule is O=C(CN1CCCC1c1cccs1)N1CCN(c2ccccn2)CC1. The molecule has 0 spiro atoms. The van der Waals surface area contributed by atoms with E-state index in [1.54, 1.807) is 11.3 Å². The maximum absolute atomic E-state index is 12.8. The van der Waals surface area contributed by atoms with Crippen molar-refractivity contribution in [2.45, 2.75) is 18.9 Å². The lowest BCUT2D eigenvalue weighted by atomic mass is 10.2. The minimum absolute atomic E-state index is 0.268. The molecule has 0 N–H and O–H groups in total. The molecule has 2 aliphatic heterocycles. The Morgan fingerprint density at radius 2 is 2.00 bits per heavy atom. The highest BCUT2D eigenvalue weighted by Gasteiger charge is 2.30. The Balaban J connectivity index is 1.32. The third-order valence-electron chi connectivity index (χ3n) is 5.18. The first-order chi connectivity index (χ1) is 12.3. The second kappa shape index (κ2) is 7.54. The van der Waals surface area contributed by atoms with Gasteiger partial charge in [-0.3, -0.25) is 9.69 Å². The van der Waals surface area contributed by atoms with Crippen LogP contribution in [0.1, 0.15) is 23.8 Å². The van der Waals surface area contributed by atoms with Gasteiger partial charge in [0.25, 0.3) is 0 Å². The molecular formula is C19H24N4OS. The number of carbonyl (C=O) groups excluding carboxylic acids is 1. The van der Waals surface area contributed by atoms with Crippen LogP contribution in [0.5, 0.6) is 0 Å². The molecule has 5 nitrogen and oxygen atoms in total. The summed E-state index contributed by atoms with van der Waals surface area (Å²) in [4.78, 5) is 25.2. The van der Waals surface area contributed by atoms with E-state index < -0.39 is 0 Å². The minimum atomic E-state index is 0.268. The second-order valence-corrected chi connectivity index (χ2v) is 7.68. The van der Waals surface area contributed by atoms with E-state index in [-0.39, 0.29) is 5.91 Å². The Morgan fingerprint density at radius 3 is 2.72 bits per heavy atom. The number of nitrogens with zero attached hydrogens (tertiary/aromatic N) is 4. The number of pyridine rings is 1. The van der Waals surface area contributed by atoms with Crippen LogP contribution in [-0.4, -0.2) is 60.0 Å². The van der Waals surface area contributed by atoms with Crippen molar-refractivity contribution in [1.82, 2.24) is 14.8 Å². The van der Waals surface area contributed by atoms with Crippen molar-refractivity contribution >= 4 is 23.1 Å². The summed E-state index contributed by atoms with van der Waals surface area (Å²) in [6.07, 6.45) is 4.18. The summed E-state index contributed by atoms with van der Waals surface area (Å²) < 4.78 is 0. The highest BCUT2D eigenvalue weighted by Crippen LogP contribution is 2.34. The standard InChI is InChI=1S/C19H24N4OS/c24-19(15-23-9-3-5-16(23)17-6-4-14-25-17)22-12-10-21(11-13-22)18-7-1-2-8-20-18/h1-2,4,6-8,14,16H,3,5,9-13,15H2.